The molecular weight excluding hydrogens is 338 g/mol. The number of thioether (sulfide) groups is 1. The lowest BCUT2D eigenvalue weighted by atomic mass is 10.2. The van der Waals surface area contributed by atoms with Gasteiger partial charge in [0.1, 0.15) is 0 Å². The minimum atomic E-state index is -0.461. The van der Waals surface area contributed by atoms with Crippen LogP contribution in [0.5, 0.6) is 0 Å². The zero-order valence-corrected chi connectivity index (χ0v) is 14.6. The number of hydrogen-bond donors (Lipinski definition) is 2. The van der Waals surface area contributed by atoms with Gasteiger partial charge in [0.2, 0.25) is 0 Å². The Morgan fingerprint density at radius 3 is 2.76 bits per heavy atom. The van der Waals surface area contributed by atoms with Gasteiger partial charge in [0.05, 0.1) is 12.8 Å². The third kappa shape index (κ3) is 5.37. The van der Waals surface area contributed by atoms with Gasteiger partial charge in [-0.05, 0) is 43.1 Å². The van der Waals surface area contributed by atoms with Crippen LogP contribution in [0.25, 0.3) is 0 Å². The van der Waals surface area contributed by atoms with Crippen LogP contribution in [0.15, 0.2) is 58.0 Å². The highest BCUT2D eigenvalue weighted by Gasteiger charge is 2.24. The van der Waals surface area contributed by atoms with Crippen molar-refractivity contribution >= 4 is 23.6 Å². The van der Waals surface area contributed by atoms with Crippen LogP contribution < -0.4 is 10.9 Å². The molecule has 7 heteroatoms. The summed E-state index contributed by atoms with van der Waals surface area (Å²) in [6, 6.07) is 13.5. The Labute approximate surface area is 150 Å². The number of furan rings is 1. The number of nitrogens with zero attached hydrogens (tertiary/aromatic N) is 1. The number of carbonyl (C=O) groups is 2. The van der Waals surface area contributed by atoms with Crippen LogP contribution in [-0.4, -0.2) is 42.1 Å². The number of carbonyl (C=O) groups excluding carboxylic acids is 2. The van der Waals surface area contributed by atoms with Gasteiger partial charge in [0, 0.05) is 17.2 Å². The first-order valence-electron chi connectivity index (χ1n) is 8.23. The monoisotopic (exact) mass is 359 g/mol. The number of nitrogens with one attached hydrogen (secondary N) is 2. The van der Waals surface area contributed by atoms with E-state index < -0.39 is 5.91 Å². The first kappa shape index (κ1) is 17.6. The molecule has 0 bridgehead atoms. The molecule has 0 aliphatic carbocycles. The van der Waals surface area contributed by atoms with E-state index in [2.05, 4.69) is 27.9 Å². The maximum absolute atomic E-state index is 12.0. The molecule has 0 radical (unpaired) electrons. The predicted molar refractivity (Wildman–Crippen MR) is 96.0 cm³/mol. The van der Waals surface area contributed by atoms with Crippen molar-refractivity contribution in [3.63, 3.8) is 0 Å². The van der Waals surface area contributed by atoms with Crippen LogP contribution >= 0.6 is 11.8 Å². The van der Waals surface area contributed by atoms with Gasteiger partial charge in [0.15, 0.2) is 5.76 Å². The lowest BCUT2D eigenvalue weighted by Gasteiger charge is -2.15. The summed E-state index contributed by atoms with van der Waals surface area (Å²) in [4.78, 5) is 27.0. The third-order valence-electron chi connectivity index (χ3n) is 4.03. The van der Waals surface area contributed by atoms with Crippen molar-refractivity contribution in [2.24, 2.45) is 5.92 Å². The normalized spacial score (nSPS) is 17.4. The van der Waals surface area contributed by atoms with E-state index in [0.717, 1.165) is 25.3 Å². The number of amides is 2. The highest BCUT2D eigenvalue weighted by Crippen LogP contribution is 2.25. The number of hydrazine groups is 1. The molecule has 2 N–H and O–H groups in total. The fourth-order valence-electron chi connectivity index (χ4n) is 2.76. The molecule has 2 aromatic rings. The first-order valence-corrected chi connectivity index (χ1v) is 9.22. The fraction of sp³-hybridized carbons (Fsp3) is 0.333. The second kappa shape index (κ2) is 8.73. The number of hydrogen-bond acceptors (Lipinski definition) is 5. The fourth-order valence-corrected chi connectivity index (χ4v) is 3.81. The Morgan fingerprint density at radius 2 is 2.00 bits per heavy atom. The molecule has 1 fully saturated rings. The van der Waals surface area contributed by atoms with E-state index in [1.165, 1.54) is 17.2 Å². The van der Waals surface area contributed by atoms with Crippen LogP contribution in [0.2, 0.25) is 0 Å². The quantitative estimate of drug-likeness (QED) is 0.611. The van der Waals surface area contributed by atoms with E-state index in [1.807, 2.05) is 30.0 Å². The summed E-state index contributed by atoms with van der Waals surface area (Å²) < 4.78 is 4.96. The molecule has 1 aromatic heterocycles. The highest BCUT2D eigenvalue weighted by atomic mass is 32.2. The largest absolute Gasteiger partial charge is 0.459 e. The van der Waals surface area contributed by atoms with Crippen molar-refractivity contribution in [1.82, 2.24) is 15.8 Å². The summed E-state index contributed by atoms with van der Waals surface area (Å²) in [6.07, 6.45) is 2.50. The van der Waals surface area contributed by atoms with E-state index in [-0.39, 0.29) is 18.2 Å². The average Bonchev–Trinajstić information content (AvgIpc) is 3.31. The highest BCUT2D eigenvalue weighted by molar-refractivity contribution is 7.99. The summed E-state index contributed by atoms with van der Waals surface area (Å²) in [7, 11) is 0. The Bertz CT molecular complexity index is 691. The average molecular weight is 359 g/mol. The maximum Gasteiger partial charge on any atom is 0.305 e. The van der Waals surface area contributed by atoms with Crippen molar-refractivity contribution < 1.29 is 14.0 Å². The molecule has 1 atom stereocenters. The molecule has 0 unspecified atom stereocenters. The predicted octanol–water partition coefficient (Wildman–Crippen LogP) is 2.15. The van der Waals surface area contributed by atoms with Gasteiger partial charge >= 0.3 is 5.91 Å². The standard InChI is InChI=1S/C18H21N3O3S/c22-17(19-20-18(23)16-7-4-10-24-16)12-21-9-8-14(11-21)13-25-15-5-2-1-3-6-15/h1-7,10,14H,8-9,11-13H2,(H,19,22)(H,20,23)/t14-/m1/s1. The number of rotatable bonds is 6. The van der Waals surface area contributed by atoms with Gasteiger partial charge < -0.3 is 4.42 Å². The summed E-state index contributed by atoms with van der Waals surface area (Å²) in [5, 5.41) is 0. The smallest absolute Gasteiger partial charge is 0.305 e. The summed E-state index contributed by atoms with van der Waals surface area (Å²) in [6.45, 7) is 2.09. The lowest BCUT2D eigenvalue weighted by Crippen LogP contribution is -2.46. The molecular formula is C18H21N3O3S. The van der Waals surface area contributed by atoms with E-state index in [4.69, 9.17) is 4.42 Å². The maximum atomic E-state index is 12.0. The minimum Gasteiger partial charge on any atom is -0.459 e. The van der Waals surface area contributed by atoms with Crippen LogP contribution in [0.4, 0.5) is 0 Å². The van der Waals surface area contributed by atoms with Crippen LogP contribution in [0, 0.1) is 5.92 Å². The van der Waals surface area contributed by atoms with Gasteiger partial charge in [-0.25, -0.2) is 0 Å². The molecule has 3 rings (SSSR count). The molecule has 6 nitrogen and oxygen atoms in total. The van der Waals surface area contributed by atoms with Gasteiger partial charge in [-0.3, -0.25) is 25.3 Å². The molecule has 1 aliphatic heterocycles. The van der Waals surface area contributed by atoms with Gasteiger partial charge in [-0.2, -0.15) is 0 Å². The molecule has 2 amide bonds. The van der Waals surface area contributed by atoms with Crippen molar-refractivity contribution in [3.8, 4) is 0 Å². The molecule has 1 aromatic carbocycles. The zero-order chi connectivity index (χ0) is 17.5. The molecule has 0 spiro atoms. The molecule has 2 heterocycles. The summed E-state index contributed by atoms with van der Waals surface area (Å²) in [5.74, 6) is 1.11. The van der Waals surface area contributed by atoms with Crippen molar-refractivity contribution in [2.75, 3.05) is 25.4 Å². The van der Waals surface area contributed by atoms with Gasteiger partial charge in [0.25, 0.3) is 5.91 Å². The van der Waals surface area contributed by atoms with Crippen molar-refractivity contribution in [3.05, 3.63) is 54.5 Å². The van der Waals surface area contributed by atoms with E-state index in [1.54, 1.807) is 6.07 Å². The number of likely N-dealkylation sites (tertiary alicyclic amines) is 1. The van der Waals surface area contributed by atoms with Crippen LogP contribution in [0.3, 0.4) is 0 Å². The lowest BCUT2D eigenvalue weighted by molar-refractivity contribution is -0.122. The first-order chi connectivity index (χ1) is 12.2. The van der Waals surface area contributed by atoms with Crippen molar-refractivity contribution in [1.29, 1.82) is 0 Å². The molecule has 0 saturated carbocycles. The Kier molecular flexibility index (Phi) is 6.14. The van der Waals surface area contributed by atoms with Gasteiger partial charge in [-0.15, -0.1) is 11.8 Å². The Morgan fingerprint density at radius 1 is 1.16 bits per heavy atom. The third-order valence-corrected chi connectivity index (χ3v) is 5.27. The molecule has 132 valence electrons. The summed E-state index contributed by atoms with van der Waals surface area (Å²) in [5.41, 5.74) is 4.78. The van der Waals surface area contributed by atoms with E-state index in [9.17, 15) is 9.59 Å². The van der Waals surface area contributed by atoms with Gasteiger partial charge in [-0.1, -0.05) is 18.2 Å². The Hall–Kier alpha value is -2.25. The topological polar surface area (TPSA) is 74.6 Å². The van der Waals surface area contributed by atoms with E-state index in [0.29, 0.717) is 5.92 Å². The van der Waals surface area contributed by atoms with Crippen LogP contribution in [0.1, 0.15) is 17.0 Å². The van der Waals surface area contributed by atoms with Crippen molar-refractivity contribution in [2.45, 2.75) is 11.3 Å². The van der Waals surface area contributed by atoms with E-state index >= 15 is 0 Å². The molecule has 1 saturated heterocycles. The second-order valence-corrected chi connectivity index (χ2v) is 7.09. The minimum absolute atomic E-state index is 0.166. The SMILES string of the molecule is O=C(CN1CC[C@@H](CSc2ccccc2)C1)NNC(=O)c1ccco1. The Balaban J connectivity index is 1.35. The molecule has 25 heavy (non-hydrogen) atoms. The summed E-state index contributed by atoms with van der Waals surface area (Å²) >= 11 is 1.86. The number of benzene rings is 1. The second-order valence-electron chi connectivity index (χ2n) is 5.99. The van der Waals surface area contributed by atoms with Crippen LogP contribution in [-0.2, 0) is 4.79 Å². The zero-order valence-electron chi connectivity index (χ0n) is 13.8. The molecule has 1 aliphatic rings.